The van der Waals surface area contributed by atoms with Crippen LogP contribution in [0.15, 0.2) is 30.9 Å². The quantitative estimate of drug-likeness (QED) is 0.906. The topological polar surface area (TPSA) is 79.2 Å². The number of hydrogen-bond donors (Lipinski definition) is 1. The molecule has 8 nitrogen and oxygen atoms in total. The Bertz CT molecular complexity index is 672. The summed E-state index contributed by atoms with van der Waals surface area (Å²) < 4.78 is 1.87. The van der Waals surface area contributed by atoms with Crippen LogP contribution in [0.1, 0.15) is 18.5 Å². The normalized spacial score (nSPS) is 17.6. The second kappa shape index (κ2) is 7.29. The molecule has 0 aromatic carbocycles. The first-order valence-corrected chi connectivity index (χ1v) is 8.13. The third-order valence-corrected chi connectivity index (χ3v) is 4.23. The van der Waals surface area contributed by atoms with Gasteiger partial charge in [-0.05, 0) is 12.8 Å². The molecule has 1 fully saturated rings. The van der Waals surface area contributed by atoms with Gasteiger partial charge in [0.15, 0.2) is 0 Å². The minimum atomic E-state index is -0.0856. The Labute approximate surface area is 141 Å². The van der Waals surface area contributed by atoms with Crippen molar-refractivity contribution in [1.82, 2.24) is 30.0 Å². The lowest BCUT2D eigenvalue weighted by Crippen LogP contribution is -2.51. The Kier molecular flexibility index (Phi) is 4.93. The SMILES string of the molecule is CN(Cc1cnccn1)C(=O)N[C@@H]1CCCN(c2ccnn2C)C1. The molecule has 1 saturated heterocycles. The molecule has 8 heteroatoms. The highest BCUT2D eigenvalue weighted by Gasteiger charge is 2.24. The molecule has 0 unspecified atom stereocenters. The second-order valence-electron chi connectivity index (χ2n) is 6.10. The van der Waals surface area contributed by atoms with Crippen molar-refractivity contribution in [3.63, 3.8) is 0 Å². The molecule has 0 saturated carbocycles. The van der Waals surface area contributed by atoms with Crippen molar-refractivity contribution in [3.05, 3.63) is 36.5 Å². The zero-order chi connectivity index (χ0) is 16.9. The third-order valence-electron chi connectivity index (χ3n) is 4.23. The molecular weight excluding hydrogens is 306 g/mol. The fraction of sp³-hybridized carbons (Fsp3) is 0.500. The van der Waals surface area contributed by atoms with Gasteiger partial charge in [-0.1, -0.05) is 0 Å². The molecule has 0 aliphatic carbocycles. The molecule has 3 heterocycles. The molecule has 2 amide bonds. The highest BCUT2D eigenvalue weighted by atomic mass is 16.2. The molecular formula is C16H23N7O. The van der Waals surface area contributed by atoms with Gasteiger partial charge in [-0.15, -0.1) is 0 Å². The molecule has 2 aromatic heterocycles. The Hall–Kier alpha value is -2.64. The van der Waals surface area contributed by atoms with Crippen LogP contribution in [0.25, 0.3) is 0 Å². The van der Waals surface area contributed by atoms with E-state index >= 15 is 0 Å². The largest absolute Gasteiger partial charge is 0.355 e. The van der Waals surface area contributed by atoms with E-state index in [0.717, 1.165) is 37.4 Å². The molecule has 0 spiro atoms. The van der Waals surface area contributed by atoms with Crippen molar-refractivity contribution in [2.45, 2.75) is 25.4 Å². The molecule has 1 N–H and O–H groups in total. The maximum atomic E-state index is 12.4. The number of urea groups is 1. The van der Waals surface area contributed by atoms with Crippen LogP contribution < -0.4 is 10.2 Å². The minimum Gasteiger partial charge on any atom is -0.355 e. The smallest absolute Gasteiger partial charge is 0.317 e. The van der Waals surface area contributed by atoms with Gasteiger partial charge in [-0.25, -0.2) is 4.79 Å². The number of piperidine rings is 1. The molecule has 0 radical (unpaired) electrons. The van der Waals surface area contributed by atoms with Crippen molar-refractivity contribution < 1.29 is 4.79 Å². The summed E-state index contributed by atoms with van der Waals surface area (Å²) >= 11 is 0. The molecule has 0 bridgehead atoms. The summed E-state index contributed by atoms with van der Waals surface area (Å²) in [5.41, 5.74) is 0.773. The molecule has 1 atom stereocenters. The van der Waals surface area contributed by atoms with Crippen LogP contribution in [0.2, 0.25) is 0 Å². The van der Waals surface area contributed by atoms with Crippen LogP contribution in [0, 0.1) is 0 Å². The number of amides is 2. The Balaban J connectivity index is 1.55. The van der Waals surface area contributed by atoms with Crippen molar-refractivity contribution in [1.29, 1.82) is 0 Å². The number of nitrogens with zero attached hydrogens (tertiary/aromatic N) is 6. The predicted molar refractivity (Wildman–Crippen MR) is 90.5 cm³/mol. The Morgan fingerprint density at radius 2 is 2.29 bits per heavy atom. The van der Waals surface area contributed by atoms with Crippen LogP contribution in [-0.2, 0) is 13.6 Å². The van der Waals surface area contributed by atoms with E-state index in [1.165, 1.54) is 0 Å². The van der Waals surface area contributed by atoms with Crippen LogP contribution in [0.5, 0.6) is 0 Å². The third kappa shape index (κ3) is 3.81. The van der Waals surface area contributed by atoms with E-state index in [4.69, 9.17) is 0 Å². The fourth-order valence-corrected chi connectivity index (χ4v) is 2.99. The van der Waals surface area contributed by atoms with Crippen molar-refractivity contribution in [3.8, 4) is 0 Å². The molecule has 3 rings (SSSR count). The van der Waals surface area contributed by atoms with Gasteiger partial charge in [0.1, 0.15) is 5.82 Å². The summed E-state index contributed by atoms with van der Waals surface area (Å²) in [7, 11) is 3.71. The maximum absolute atomic E-state index is 12.4. The number of carbonyl (C=O) groups is 1. The van der Waals surface area contributed by atoms with Gasteiger partial charge in [0.05, 0.1) is 24.6 Å². The van der Waals surface area contributed by atoms with Crippen LogP contribution in [0.4, 0.5) is 10.6 Å². The van der Waals surface area contributed by atoms with E-state index in [9.17, 15) is 4.79 Å². The van der Waals surface area contributed by atoms with Gasteiger partial charge < -0.3 is 15.1 Å². The summed E-state index contributed by atoms with van der Waals surface area (Å²) in [5, 5.41) is 7.34. The number of rotatable bonds is 4. The molecule has 1 aliphatic rings. The van der Waals surface area contributed by atoms with Gasteiger partial charge in [-0.2, -0.15) is 5.10 Å². The van der Waals surface area contributed by atoms with Gasteiger partial charge in [0, 0.05) is 51.7 Å². The van der Waals surface area contributed by atoms with E-state index in [1.54, 1.807) is 36.7 Å². The minimum absolute atomic E-state index is 0.0856. The molecule has 1 aliphatic heterocycles. The van der Waals surface area contributed by atoms with E-state index in [2.05, 4.69) is 25.3 Å². The van der Waals surface area contributed by atoms with Crippen LogP contribution in [-0.4, -0.2) is 56.9 Å². The number of aromatic nitrogens is 4. The summed E-state index contributed by atoms with van der Waals surface area (Å²) in [6.07, 6.45) is 8.76. The zero-order valence-corrected chi connectivity index (χ0v) is 14.1. The Morgan fingerprint density at radius 3 is 3.00 bits per heavy atom. The maximum Gasteiger partial charge on any atom is 0.317 e. The summed E-state index contributed by atoms with van der Waals surface area (Å²) in [5.74, 6) is 1.09. The summed E-state index contributed by atoms with van der Waals surface area (Å²) in [6, 6.07) is 2.05. The number of hydrogen-bond acceptors (Lipinski definition) is 5. The van der Waals surface area contributed by atoms with Gasteiger partial charge >= 0.3 is 6.03 Å². The van der Waals surface area contributed by atoms with E-state index in [1.807, 2.05) is 17.8 Å². The van der Waals surface area contributed by atoms with E-state index < -0.39 is 0 Å². The average molecular weight is 329 g/mol. The summed E-state index contributed by atoms with van der Waals surface area (Å²) in [4.78, 5) is 24.5. The lowest BCUT2D eigenvalue weighted by molar-refractivity contribution is 0.200. The standard InChI is InChI=1S/C16H23N7O/c1-21(11-14-10-17-7-8-18-14)16(24)20-13-4-3-9-23(12-13)15-5-6-19-22(15)2/h5-8,10,13H,3-4,9,11-12H2,1-2H3,(H,20,24)/t13-/m1/s1. The predicted octanol–water partition coefficient (Wildman–Crippen LogP) is 1.02. The molecule has 24 heavy (non-hydrogen) atoms. The zero-order valence-electron chi connectivity index (χ0n) is 14.1. The summed E-state index contributed by atoms with van der Waals surface area (Å²) in [6.45, 7) is 2.23. The van der Waals surface area contributed by atoms with E-state index in [0.29, 0.717) is 6.54 Å². The van der Waals surface area contributed by atoms with Crippen LogP contribution >= 0.6 is 0 Å². The monoisotopic (exact) mass is 329 g/mol. The van der Waals surface area contributed by atoms with E-state index in [-0.39, 0.29) is 12.1 Å². The fourth-order valence-electron chi connectivity index (χ4n) is 2.99. The van der Waals surface area contributed by atoms with Gasteiger partial charge in [-0.3, -0.25) is 14.6 Å². The average Bonchev–Trinajstić information content (AvgIpc) is 3.02. The first-order chi connectivity index (χ1) is 11.6. The first kappa shape index (κ1) is 16.2. The van der Waals surface area contributed by atoms with Crippen LogP contribution in [0.3, 0.4) is 0 Å². The van der Waals surface area contributed by atoms with Crippen molar-refractivity contribution in [2.75, 3.05) is 25.0 Å². The van der Waals surface area contributed by atoms with Gasteiger partial charge in [0.25, 0.3) is 0 Å². The number of carbonyl (C=O) groups excluding carboxylic acids is 1. The number of nitrogens with one attached hydrogen (secondary N) is 1. The second-order valence-corrected chi connectivity index (χ2v) is 6.10. The number of anilines is 1. The lowest BCUT2D eigenvalue weighted by Gasteiger charge is -2.35. The number of aryl methyl sites for hydroxylation is 1. The lowest BCUT2D eigenvalue weighted by atomic mass is 10.1. The van der Waals surface area contributed by atoms with Crippen molar-refractivity contribution in [2.24, 2.45) is 7.05 Å². The molecule has 128 valence electrons. The van der Waals surface area contributed by atoms with Crippen molar-refractivity contribution >= 4 is 11.8 Å². The highest BCUT2D eigenvalue weighted by Crippen LogP contribution is 2.19. The molecule has 2 aromatic rings. The van der Waals surface area contributed by atoms with Gasteiger partial charge in [0.2, 0.25) is 0 Å². The Morgan fingerprint density at radius 1 is 1.42 bits per heavy atom. The first-order valence-electron chi connectivity index (χ1n) is 8.13. The highest BCUT2D eigenvalue weighted by molar-refractivity contribution is 5.74.